The van der Waals surface area contributed by atoms with Crippen molar-refractivity contribution < 1.29 is 9.59 Å². The third-order valence-electron chi connectivity index (χ3n) is 3.31. The van der Waals surface area contributed by atoms with Crippen molar-refractivity contribution in [3.05, 3.63) is 59.7 Å². The van der Waals surface area contributed by atoms with Crippen molar-refractivity contribution in [3.8, 4) is 0 Å². The van der Waals surface area contributed by atoms with Crippen LogP contribution in [0.3, 0.4) is 0 Å². The van der Waals surface area contributed by atoms with Crippen LogP contribution in [0.5, 0.6) is 0 Å². The third-order valence-corrected chi connectivity index (χ3v) is 3.31. The summed E-state index contributed by atoms with van der Waals surface area (Å²) in [4.78, 5) is 30.2. The fraction of sp³-hybridized carbons (Fsp3) is 0.125. The Hall–Kier alpha value is -4.00. The van der Waals surface area contributed by atoms with Gasteiger partial charge < -0.3 is 10.6 Å². The number of hydrogen-bond donors (Lipinski definition) is 4. The minimum atomic E-state index is -0.384. The zero-order chi connectivity index (χ0) is 18.8. The molecule has 0 heterocycles. The second-order valence-electron chi connectivity index (χ2n) is 4.95. The van der Waals surface area contributed by atoms with Gasteiger partial charge in [0.25, 0.3) is 11.8 Å². The molecule has 0 aliphatic rings. The highest BCUT2D eigenvalue weighted by Gasteiger charge is 2.15. The highest BCUT2D eigenvalue weighted by Crippen LogP contribution is 2.18. The Morgan fingerprint density at radius 2 is 1.15 bits per heavy atom. The Bertz CT molecular complexity index is 838. The lowest BCUT2D eigenvalue weighted by molar-refractivity contribution is 0.0928. The van der Waals surface area contributed by atoms with Gasteiger partial charge in [-0.3, -0.25) is 9.59 Å². The van der Waals surface area contributed by atoms with E-state index in [4.69, 9.17) is 11.1 Å². The summed E-state index contributed by atoms with van der Waals surface area (Å²) in [6, 6.07) is 13.0. The van der Waals surface area contributed by atoms with Crippen molar-refractivity contribution in [1.82, 2.24) is 20.5 Å². The highest BCUT2D eigenvalue weighted by molar-refractivity contribution is 5.99. The lowest BCUT2D eigenvalue weighted by Gasteiger charge is -2.08. The van der Waals surface area contributed by atoms with Gasteiger partial charge in [-0.2, -0.15) is 0 Å². The molecule has 0 saturated heterocycles. The molecule has 0 atom stereocenters. The lowest BCUT2D eigenvalue weighted by atomic mass is 10.1. The molecular formula is C16H16N8O2+2. The average molecular weight is 352 g/mol. The summed E-state index contributed by atoms with van der Waals surface area (Å²) < 4.78 is 0. The number of benzene rings is 2. The van der Waals surface area contributed by atoms with Crippen LogP contribution in [-0.2, 0) is 0 Å². The van der Waals surface area contributed by atoms with Crippen LogP contribution < -0.4 is 20.5 Å². The van der Waals surface area contributed by atoms with Gasteiger partial charge in [-0.05, 0) is 24.3 Å². The van der Waals surface area contributed by atoms with E-state index in [1.807, 2.05) is 0 Å². The molecule has 10 nitrogen and oxygen atoms in total. The number of carbonyl (C=O) groups excluding carboxylic acids is 2. The number of hydrogen-bond acceptors (Lipinski definition) is 6. The Labute approximate surface area is 148 Å². The van der Waals surface area contributed by atoms with Crippen molar-refractivity contribution in [2.24, 2.45) is 10.2 Å². The molecule has 0 radical (unpaired) electrons. The number of nitrogens with one attached hydrogen (secondary N) is 4. The van der Waals surface area contributed by atoms with Crippen LogP contribution >= 0.6 is 0 Å². The molecule has 2 aromatic rings. The molecule has 4 N–H and O–H groups in total. The van der Waals surface area contributed by atoms with E-state index in [1.54, 1.807) is 48.5 Å². The molecule has 0 saturated carbocycles. The second-order valence-corrected chi connectivity index (χ2v) is 4.95. The molecule has 0 unspecified atom stereocenters. The zero-order valence-corrected chi connectivity index (χ0v) is 13.6. The van der Waals surface area contributed by atoms with E-state index in [2.05, 4.69) is 30.7 Å². The number of carbonyl (C=O) groups is 2. The van der Waals surface area contributed by atoms with Crippen LogP contribution in [0.15, 0.2) is 58.8 Å². The molecule has 0 aliphatic carbocycles. The predicted octanol–water partition coefficient (Wildman–Crippen LogP) is 2.21. The van der Waals surface area contributed by atoms with Gasteiger partial charge in [-0.15, -0.1) is 0 Å². The average Bonchev–Trinajstić information content (AvgIpc) is 2.66. The second kappa shape index (κ2) is 9.33. The first-order valence-corrected chi connectivity index (χ1v) is 7.56. The molecule has 0 bridgehead atoms. The zero-order valence-electron chi connectivity index (χ0n) is 13.6. The molecule has 26 heavy (non-hydrogen) atoms. The van der Waals surface area contributed by atoms with E-state index < -0.39 is 0 Å². The van der Waals surface area contributed by atoms with E-state index in [1.165, 1.54) is 0 Å². The van der Waals surface area contributed by atoms with Gasteiger partial charge in [-0.25, -0.2) is 0 Å². The smallest absolute Gasteiger partial charge is 0.253 e. The summed E-state index contributed by atoms with van der Waals surface area (Å²) in [5, 5.41) is 12.5. The van der Waals surface area contributed by atoms with Crippen molar-refractivity contribution >= 4 is 23.2 Å². The molecule has 2 amide bonds. The molecule has 0 aliphatic heterocycles. The first kappa shape index (κ1) is 18.3. The van der Waals surface area contributed by atoms with Crippen LogP contribution in [-0.4, -0.2) is 24.9 Å². The maximum absolute atomic E-state index is 12.2. The first-order chi connectivity index (χ1) is 12.7. The van der Waals surface area contributed by atoms with Gasteiger partial charge in [0.15, 0.2) is 21.6 Å². The fourth-order valence-electron chi connectivity index (χ4n) is 2.16. The summed E-state index contributed by atoms with van der Waals surface area (Å²) >= 11 is 0. The standard InChI is InChI=1S/C16H14N8O2/c17-23-21-13-7-3-1-5-11(13)15(25)19-9-10-20-16(26)12-6-2-4-8-14(12)22-24-18/h1-8,17-18H,9-10H2/p+2. The van der Waals surface area contributed by atoms with Crippen molar-refractivity contribution in [3.63, 3.8) is 0 Å². The number of amides is 2. The Kier molecular flexibility index (Phi) is 6.58. The molecule has 130 valence electrons. The van der Waals surface area contributed by atoms with E-state index in [-0.39, 0.29) is 36.0 Å². The third kappa shape index (κ3) is 4.75. The Balaban J connectivity index is 1.91. The molecule has 0 aromatic heterocycles. The van der Waals surface area contributed by atoms with E-state index in [0.717, 1.165) is 0 Å². The Morgan fingerprint density at radius 1 is 0.769 bits per heavy atom. The van der Waals surface area contributed by atoms with Gasteiger partial charge in [0.2, 0.25) is 9.82 Å². The van der Waals surface area contributed by atoms with Crippen LogP contribution in [0.4, 0.5) is 11.4 Å². The quantitative estimate of drug-likeness (QED) is 0.342. The van der Waals surface area contributed by atoms with E-state index in [0.29, 0.717) is 11.4 Å². The first-order valence-electron chi connectivity index (χ1n) is 7.56. The van der Waals surface area contributed by atoms with Crippen LogP contribution in [0.25, 0.3) is 0 Å². The summed E-state index contributed by atoms with van der Waals surface area (Å²) in [6.07, 6.45) is 0. The van der Waals surface area contributed by atoms with Crippen molar-refractivity contribution in [2.75, 3.05) is 13.1 Å². The Morgan fingerprint density at radius 3 is 1.54 bits per heavy atom. The summed E-state index contributed by atoms with van der Waals surface area (Å²) in [7, 11) is 0. The maximum Gasteiger partial charge on any atom is 0.253 e. The SMILES string of the molecule is N=[N+]=Nc1ccccc1C(=O)NCCNC(=O)c1ccccc1N=[N+]=N. The minimum absolute atomic E-state index is 0.194. The van der Waals surface area contributed by atoms with E-state index >= 15 is 0 Å². The van der Waals surface area contributed by atoms with Crippen molar-refractivity contribution in [2.45, 2.75) is 0 Å². The molecular weight excluding hydrogens is 336 g/mol. The van der Waals surface area contributed by atoms with Gasteiger partial charge in [0, 0.05) is 13.1 Å². The van der Waals surface area contributed by atoms with Gasteiger partial charge in [0.1, 0.15) is 11.1 Å². The number of rotatable bonds is 7. The van der Waals surface area contributed by atoms with Crippen LogP contribution in [0.2, 0.25) is 0 Å². The summed E-state index contributed by atoms with van der Waals surface area (Å²) in [5.41, 5.74) is 14.7. The van der Waals surface area contributed by atoms with Crippen LogP contribution in [0.1, 0.15) is 20.7 Å². The molecule has 10 heteroatoms. The van der Waals surface area contributed by atoms with Crippen molar-refractivity contribution in [1.29, 1.82) is 11.1 Å². The largest absolute Gasteiger partial charge is 0.350 e. The van der Waals surface area contributed by atoms with E-state index in [9.17, 15) is 9.59 Å². The monoisotopic (exact) mass is 352 g/mol. The molecule has 2 aromatic carbocycles. The lowest BCUT2D eigenvalue weighted by Crippen LogP contribution is -2.34. The van der Waals surface area contributed by atoms with Gasteiger partial charge in [-0.1, -0.05) is 24.3 Å². The predicted molar refractivity (Wildman–Crippen MR) is 91.4 cm³/mol. The minimum Gasteiger partial charge on any atom is -0.350 e. The van der Waals surface area contributed by atoms with Gasteiger partial charge >= 0.3 is 0 Å². The van der Waals surface area contributed by atoms with Gasteiger partial charge in [0.05, 0.1) is 11.1 Å². The summed E-state index contributed by atoms with van der Waals surface area (Å²) in [5.74, 6) is -0.767. The summed E-state index contributed by atoms with van der Waals surface area (Å²) in [6.45, 7) is 0.387. The fourth-order valence-corrected chi connectivity index (χ4v) is 2.16. The maximum atomic E-state index is 12.2. The molecule has 2 rings (SSSR count). The topological polar surface area (TPSA) is 159 Å². The highest BCUT2D eigenvalue weighted by atomic mass is 16.2. The molecule has 0 fully saturated rings. The molecule has 0 spiro atoms. The van der Waals surface area contributed by atoms with Crippen LogP contribution in [0, 0.1) is 11.1 Å². The normalized spacial score (nSPS) is 9.38. The number of nitrogens with zero attached hydrogens (tertiary/aromatic N) is 4.